The van der Waals surface area contributed by atoms with Crippen molar-refractivity contribution >= 4 is 15.7 Å². The minimum atomic E-state index is -3.79. The van der Waals surface area contributed by atoms with E-state index in [1.807, 2.05) is 36.4 Å². The molecule has 1 fully saturated rings. The maximum atomic E-state index is 13.2. The lowest BCUT2D eigenvalue weighted by molar-refractivity contribution is 0.0662. The zero-order valence-electron chi connectivity index (χ0n) is 16.1. The van der Waals surface area contributed by atoms with Gasteiger partial charge in [-0.1, -0.05) is 30.3 Å². The first kappa shape index (κ1) is 19.5. The number of hydrogen-bond acceptors (Lipinski definition) is 5. The first-order chi connectivity index (χ1) is 14.1. The summed E-state index contributed by atoms with van der Waals surface area (Å²) in [6.07, 6.45) is 4.65. The fourth-order valence-electron chi connectivity index (χ4n) is 3.31. The van der Waals surface area contributed by atoms with Gasteiger partial charge in [-0.2, -0.15) is 5.10 Å². The van der Waals surface area contributed by atoms with Crippen molar-refractivity contribution in [2.75, 3.05) is 24.6 Å². The minimum absolute atomic E-state index is 0.154. The van der Waals surface area contributed by atoms with Crippen molar-refractivity contribution in [3.05, 3.63) is 67.0 Å². The van der Waals surface area contributed by atoms with Gasteiger partial charge >= 0.3 is 0 Å². The Morgan fingerprint density at radius 2 is 1.76 bits per heavy atom. The second-order valence-electron chi connectivity index (χ2n) is 6.85. The number of ether oxygens (including phenoxy) is 2. The highest BCUT2D eigenvalue weighted by molar-refractivity contribution is 7.92. The minimum Gasteiger partial charge on any atom is -0.455 e. The molecule has 2 aromatic carbocycles. The van der Waals surface area contributed by atoms with Gasteiger partial charge in [-0.25, -0.2) is 8.42 Å². The molecule has 0 N–H and O–H groups in total. The fourth-order valence-corrected chi connectivity index (χ4v) is 4.46. The van der Waals surface area contributed by atoms with Crippen LogP contribution in [0.4, 0.5) is 5.69 Å². The van der Waals surface area contributed by atoms with Crippen molar-refractivity contribution in [1.82, 2.24) is 9.78 Å². The van der Waals surface area contributed by atoms with Gasteiger partial charge in [0.1, 0.15) is 10.6 Å². The molecule has 0 aliphatic carbocycles. The molecular formula is C21H23N3O4S. The van der Waals surface area contributed by atoms with Gasteiger partial charge < -0.3 is 9.47 Å². The molecule has 0 unspecified atom stereocenters. The lowest BCUT2D eigenvalue weighted by atomic mass is 10.1. The Balaban J connectivity index is 1.60. The van der Waals surface area contributed by atoms with Crippen LogP contribution in [0.3, 0.4) is 0 Å². The SMILES string of the molecule is CN(c1ccccc1Oc1ccccc1)S(=O)(=O)c1cnn(C2CCOCC2)c1. The zero-order chi connectivity index (χ0) is 20.3. The normalized spacial score (nSPS) is 15.2. The van der Waals surface area contributed by atoms with Crippen molar-refractivity contribution in [1.29, 1.82) is 0 Å². The molecule has 7 nitrogen and oxygen atoms in total. The van der Waals surface area contributed by atoms with Crippen LogP contribution in [0.25, 0.3) is 0 Å². The maximum absolute atomic E-state index is 13.2. The summed E-state index contributed by atoms with van der Waals surface area (Å²) in [5.74, 6) is 1.10. The van der Waals surface area contributed by atoms with Gasteiger partial charge in [0.05, 0.1) is 17.9 Å². The standard InChI is InChI=1S/C21H23N3O4S/c1-23(20-9-5-6-10-21(20)28-18-7-3-2-4-8-18)29(25,26)19-15-22-24(16-19)17-11-13-27-14-12-17/h2-10,15-17H,11-14H2,1H3. The summed E-state index contributed by atoms with van der Waals surface area (Å²) in [6, 6.07) is 16.5. The Labute approximate surface area is 170 Å². The van der Waals surface area contributed by atoms with E-state index in [-0.39, 0.29) is 10.9 Å². The molecule has 0 atom stereocenters. The summed E-state index contributed by atoms with van der Waals surface area (Å²) in [6.45, 7) is 1.33. The van der Waals surface area contributed by atoms with Crippen molar-refractivity contribution in [2.45, 2.75) is 23.8 Å². The van der Waals surface area contributed by atoms with Gasteiger partial charge in [-0.05, 0) is 37.1 Å². The highest BCUT2D eigenvalue weighted by Crippen LogP contribution is 2.34. The highest BCUT2D eigenvalue weighted by Gasteiger charge is 2.27. The van der Waals surface area contributed by atoms with Gasteiger partial charge in [0.25, 0.3) is 10.0 Å². The molecule has 4 rings (SSSR count). The summed E-state index contributed by atoms with van der Waals surface area (Å²) in [4.78, 5) is 0.154. The smallest absolute Gasteiger partial charge is 0.267 e. The van der Waals surface area contributed by atoms with Crippen molar-refractivity contribution in [3.8, 4) is 11.5 Å². The van der Waals surface area contributed by atoms with Crippen LogP contribution in [0.1, 0.15) is 18.9 Å². The number of nitrogens with zero attached hydrogens (tertiary/aromatic N) is 3. The summed E-state index contributed by atoms with van der Waals surface area (Å²) < 4.78 is 40.7. The number of aromatic nitrogens is 2. The number of hydrogen-bond donors (Lipinski definition) is 0. The fraction of sp³-hybridized carbons (Fsp3) is 0.286. The van der Waals surface area contributed by atoms with Crippen molar-refractivity contribution in [2.24, 2.45) is 0 Å². The molecule has 152 valence electrons. The molecule has 0 bridgehead atoms. The number of rotatable bonds is 6. The highest BCUT2D eigenvalue weighted by atomic mass is 32.2. The van der Waals surface area contributed by atoms with Gasteiger partial charge in [-0.3, -0.25) is 8.99 Å². The largest absolute Gasteiger partial charge is 0.455 e. The Morgan fingerprint density at radius 1 is 1.07 bits per heavy atom. The first-order valence-electron chi connectivity index (χ1n) is 9.48. The van der Waals surface area contributed by atoms with Gasteiger partial charge in [0.15, 0.2) is 5.75 Å². The molecule has 1 aliphatic rings. The topological polar surface area (TPSA) is 73.7 Å². The molecule has 1 aliphatic heterocycles. The molecule has 1 aromatic heterocycles. The van der Waals surface area contributed by atoms with E-state index in [2.05, 4.69) is 5.10 Å². The molecule has 2 heterocycles. The third-order valence-electron chi connectivity index (χ3n) is 4.98. The summed E-state index contributed by atoms with van der Waals surface area (Å²) in [7, 11) is -2.26. The average Bonchev–Trinajstić information content (AvgIpc) is 3.26. The molecular weight excluding hydrogens is 390 g/mol. The van der Waals surface area contributed by atoms with E-state index < -0.39 is 10.0 Å². The quantitative estimate of drug-likeness (QED) is 0.614. The van der Waals surface area contributed by atoms with Crippen LogP contribution in [0, 0.1) is 0 Å². The lowest BCUT2D eigenvalue weighted by Crippen LogP contribution is -2.26. The van der Waals surface area contributed by atoms with E-state index in [0.29, 0.717) is 30.4 Å². The third kappa shape index (κ3) is 4.13. The monoisotopic (exact) mass is 413 g/mol. The predicted molar refractivity (Wildman–Crippen MR) is 110 cm³/mol. The second-order valence-corrected chi connectivity index (χ2v) is 8.82. The zero-order valence-corrected chi connectivity index (χ0v) is 17.0. The van der Waals surface area contributed by atoms with Gasteiger partial charge in [-0.15, -0.1) is 0 Å². The number of para-hydroxylation sites is 3. The number of anilines is 1. The predicted octanol–water partition coefficient (Wildman–Crippen LogP) is 3.85. The van der Waals surface area contributed by atoms with E-state index >= 15 is 0 Å². The molecule has 1 saturated heterocycles. The number of benzene rings is 2. The molecule has 0 saturated carbocycles. The Morgan fingerprint density at radius 3 is 2.52 bits per heavy atom. The molecule has 0 radical (unpaired) electrons. The molecule has 0 amide bonds. The van der Waals surface area contributed by atoms with Crippen LogP contribution in [0.2, 0.25) is 0 Å². The molecule has 8 heteroatoms. The molecule has 3 aromatic rings. The summed E-state index contributed by atoms with van der Waals surface area (Å²) >= 11 is 0. The van der Waals surface area contributed by atoms with Crippen molar-refractivity contribution in [3.63, 3.8) is 0 Å². The third-order valence-corrected chi connectivity index (χ3v) is 6.70. The van der Waals surface area contributed by atoms with Gasteiger partial charge in [0.2, 0.25) is 0 Å². The van der Waals surface area contributed by atoms with E-state index in [4.69, 9.17) is 9.47 Å². The van der Waals surface area contributed by atoms with E-state index in [9.17, 15) is 8.42 Å². The first-order valence-corrected chi connectivity index (χ1v) is 10.9. The van der Waals surface area contributed by atoms with Crippen LogP contribution in [-0.4, -0.2) is 38.5 Å². The number of sulfonamides is 1. The average molecular weight is 413 g/mol. The van der Waals surface area contributed by atoms with Crippen LogP contribution >= 0.6 is 0 Å². The van der Waals surface area contributed by atoms with E-state index in [1.54, 1.807) is 29.1 Å². The van der Waals surface area contributed by atoms with Gasteiger partial charge in [0, 0.05) is 26.5 Å². The summed E-state index contributed by atoms with van der Waals surface area (Å²) in [5, 5.41) is 4.30. The lowest BCUT2D eigenvalue weighted by Gasteiger charge is -2.23. The van der Waals surface area contributed by atoms with Crippen molar-refractivity contribution < 1.29 is 17.9 Å². The Kier molecular flexibility index (Phi) is 5.55. The van der Waals surface area contributed by atoms with Crippen LogP contribution in [-0.2, 0) is 14.8 Å². The van der Waals surface area contributed by atoms with Crippen LogP contribution < -0.4 is 9.04 Å². The van der Waals surface area contributed by atoms with Crippen LogP contribution in [0.15, 0.2) is 71.9 Å². The van der Waals surface area contributed by atoms with E-state index in [0.717, 1.165) is 12.8 Å². The molecule has 0 spiro atoms. The summed E-state index contributed by atoms with van der Waals surface area (Å²) in [5.41, 5.74) is 0.454. The van der Waals surface area contributed by atoms with Crippen LogP contribution in [0.5, 0.6) is 11.5 Å². The Hall–Kier alpha value is -2.84. The Bertz CT molecular complexity index is 1060. The second kappa shape index (κ2) is 8.26. The van der Waals surface area contributed by atoms with E-state index in [1.165, 1.54) is 17.5 Å². The molecule has 29 heavy (non-hydrogen) atoms. The maximum Gasteiger partial charge on any atom is 0.267 e.